The molecule has 114 valence electrons. The molecule has 0 saturated carbocycles. The molecule has 0 amide bonds. The van der Waals surface area contributed by atoms with E-state index in [0.717, 1.165) is 36.4 Å². The maximum Gasteiger partial charge on any atom is 0.191 e. The fourth-order valence-corrected chi connectivity index (χ4v) is 1.89. The second-order valence-corrected chi connectivity index (χ2v) is 4.40. The molecule has 2 N–H and O–H groups in total. The van der Waals surface area contributed by atoms with Crippen LogP contribution in [-0.4, -0.2) is 30.9 Å². The van der Waals surface area contributed by atoms with Crippen LogP contribution in [0.5, 0.6) is 0 Å². The van der Waals surface area contributed by atoms with Crippen LogP contribution in [0.4, 0.5) is 4.39 Å². The van der Waals surface area contributed by atoms with Gasteiger partial charge in [-0.3, -0.25) is 4.39 Å². The predicted molar refractivity (Wildman–Crippen MR) is 78.7 cm³/mol. The lowest BCUT2D eigenvalue weighted by atomic mass is 10.1. The number of guanidine groups is 1. The first kappa shape index (κ1) is 16.5. The van der Waals surface area contributed by atoms with E-state index in [1.807, 2.05) is 13.8 Å². The van der Waals surface area contributed by atoms with Crippen molar-refractivity contribution in [3.63, 3.8) is 0 Å². The van der Waals surface area contributed by atoms with Crippen molar-refractivity contribution in [2.45, 2.75) is 46.6 Å². The number of halogens is 1. The monoisotopic (exact) mass is 284 g/mol. The molecule has 6 heteroatoms. The first-order chi connectivity index (χ1) is 9.76. The number of aliphatic imine (C=N–C) groups is 1. The fourth-order valence-electron chi connectivity index (χ4n) is 1.89. The summed E-state index contributed by atoms with van der Waals surface area (Å²) >= 11 is 0. The Morgan fingerprint density at radius 1 is 1.25 bits per heavy atom. The van der Waals surface area contributed by atoms with Gasteiger partial charge in [0.1, 0.15) is 5.76 Å². The summed E-state index contributed by atoms with van der Waals surface area (Å²) in [6.07, 6.45) is 2.13. The van der Waals surface area contributed by atoms with Crippen molar-refractivity contribution in [3.05, 3.63) is 17.0 Å². The third-order valence-electron chi connectivity index (χ3n) is 2.95. The first-order valence-electron chi connectivity index (χ1n) is 7.31. The molecule has 0 aromatic carbocycles. The Morgan fingerprint density at radius 2 is 2.05 bits per heavy atom. The average Bonchev–Trinajstić information content (AvgIpc) is 2.87. The number of rotatable bonds is 8. The molecule has 1 aromatic rings. The Hall–Kier alpha value is -1.59. The van der Waals surface area contributed by atoms with Gasteiger partial charge >= 0.3 is 0 Å². The second kappa shape index (κ2) is 9.34. The molecule has 0 saturated heterocycles. The summed E-state index contributed by atoms with van der Waals surface area (Å²) < 4.78 is 17.4. The van der Waals surface area contributed by atoms with Gasteiger partial charge in [-0.1, -0.05) is 19.0 Å². The summed E-state index contributed by atoms with van der Waals surface area (Å²) in [5.41, 5.74) is 2.03. The molecule has 0 unspecified atom stereocenters. The van der Waals surface area contributed by atoms with Gasteiger partial charge in [-0.05, 0) is 19.8 Å². The largest absolute Gasteiger partial charge is 0.361 e. The Kier molecular flexibility index (Phi) is 7.69. The molecule has 0 bridgehead atoms. The van der Waals surface area contributed by atoms with Crippen LogP contribution in [0.25, 0.3) is 0 Å². The number of nitrogens with zero attached hydrogens (tertiary/aromatic N) is 2. The van der Waals surface area contributed by atoms with Gasteiger partial charge < -0.3 is 15.2 Å². The summed E-state index contributed by atoms with van der Waals surface area (Å²) in [7, 11) is 0. The van der Waals surface area contributed by atoms with Crippen LogP contribution in [0.1, 0.15) is 44.2 Å². The van der Waals surface area contributed by atoms with Gasteiger partial charge in [0.15, 0.2) is 5.96 Å². The predicted octanol–water partition coefficient (Wildman–Crippen LogP) is 2.21. The molecule has 5 nitrogen and oxygen atoms in total. The van der Waals surface area contributed by atoms with E-state index >= 15 is 0 Å². The summed E-state index contributed by atoms with van der Waals surface area (Å²) in [5, 5.41) is 10.3. The quantitative estimate of drug-likeness (QED) is 0.436. The molecule has 0 aliphatic rings. The molecule has 0 spiro atoms. The molecule has 0 aliphatic carbocycles. The Morgan fingerprint density at radius 3 is 2.65 bits per heavy atom. The standard InChI is InChI=1S/C14H25FN4O/c1-4-12-11(13(5-2)20-19-12)10-18-14(16-6-3)17-9-7-8-15/h4-10H2,1-3H3,(H2,16,17,18). The highest BCUT2D eigenvalue weighted by Gasteiger charge is 2.12. The molecule has 0 radical (unpaired) electrons. The minimum Gasteiger partial charge on any atom is -0.361 e. The van der Waals surface area contributed by atoms with Gasteiger partial charge in [0.05, 0.1) is 18.9 Å². The van der Waals surface area contributed by atoms with Crippen molar-refractivity contribution in [1.29, 1.82) is 0 Å². The van der Waals surface area contributed by atoms with Gasteiger partial charge in [0.2, 0.25) is 0 Å². The third-order valence-corrected chi connectivity index (χ3v) is 2.95. The molecule has 20 heavy (non-hydrogen) atoms. The fraction of sp³-hybridized carbons (Fsp3) is 0.714. The van der Waals surface area contributed by atoms with Crippen molar-refractivity contribution in [2.75, 3.05) is 19.8 Å². The lowest BCUT2D eigenvalue weighted by Gasteiger charge is -2.10. The van der Waals surface area contributed by atoms with E-state index in [0.29, 0.717) is 25.5 Å². The van der Waals surface area contributed by atoms with Gasteiger partial charge in [0.25, 0.3) is 0 Å². The van der Waals surface area contributed by atoms with Crippen LogP contribution < -0.4 is 10.6 Å². The minimum absolute atomic E-state index is 0.321. The maximum atomic E-state index is 12.1. The van der Waals surface area contributed by atoms with Gasteiger partial charge in [-0.2, -0.15) is 0 Å². The average molecular weight is 284 g/mol. The molecule has 1 rings (SSSR count). The topological polar surface area (TPSA) is 62.5 Å². The number of hydrogen-bond acceptors (Lipinski definition) is 3. The van der Waals surface area contributed by atoms with Gasteiger partial charge in [-0.15, -0.1) is 0 Å². The number of alkyl halides is 1. The lowest BCUT2D eigenvalue weighted by molar-refractivity contribution is 0.380. The Balaban J connectivity index is 2.72. The zero-order chi connectivity index (χ0) is 14.8. The maximum absolute atomic E-state index is 12.1. The summed E-state index contributed by atoms with van der Waals surface area (Å²) in [4.78, 5) is 4.52. The van der Waals surface area contributed by atoms with Crippen LogP contribution in [0.15, 0.2) is 9.52 Å². The van der Waals surface area contributed by atoms with Gasteiger partial charge in [0, 0.05) is 25.1 Å². The number of nitrogens with one attached hydrogen (secondary N) is 2. The number of aromatic nitrogens is 1. The molecule has 0 fully saturated rings. The molecule has 0 aliphatic heterocycles. The van der Waals surface area contributed by atoms with Crippen molar-refractivity contribution < 1.29 is 8.91 Å². The van der Waals surface area contributed by atoms with Crippen molar-refractivity contribution >= 4 is 5.96 Å². The highest BCUT2D eigenvalue weighted by atomic mass is 19.1. The zero-order valence-electron chi connectivity index (χ0n) is 12.6. The van der Waals surface area contributed by atoms with E-state index in [1.165, 1.54) is 0 Å². The molecular formula is C14H25FN4O. The summed E-state index contributed by atoms with van der Waals surface area (Å²) in [6.45, 7) is 7.65. The van der Waals surface area contributed by atoms with Gasteiger partial charge in [-0.25, -0.2) is 4.99 Å². The summed E-state index contributed by atoms with van der Waals surface area (Å²) in [6, 6.07) is 0. The number of hydrogen-bond donors (Lipinski definition) is 2. The highest BCUT2D eigenvalue weighted by molar-refractivity contribution is 5.79. The Labute approximate surface area is 120 Å². The van der Waals surface area contributed by atoms with Crippen LogP contribution in [-0.2, 0) is 19.4 Å². The van der Waals surface area contributed by atoms with Crippen molar-refractivity contribution in [3.8, 4) is 0 Å². The normalized spacial score (nSPS) is 11.7. The minimum atomic E-state index is -0.321. The molecular weight excluding hydrogens is 259 g/mol. The number of aryl methyl sites for hydroxylation is 2. The van der Waals surface area contributed by atoms with Crippen molar-refractivity contribution in [1.82, 2.24) is 15.8 Å². The first-order valence-corrected chi connectivity index (χ1v) is 7.31. The van der Waals surface area contributed by atoms with Crippen LogP contribution in [0.3, 0.4) is 0 Å². The zero-order valence-corrected chi connectivity index (χ0v) is 12.6. The smallest absolute Gasteiger partial charge is 0.191 e. The van der Waals surface area contributed by atoms with E-state index in [9.17, 15) is 4.39 Å². The van der Waals surface area contributed by atoms with E-state index in [2.05, 4.69) is 27.7 Å². The van der Waals surface area contributed by atoms with Crippen LogP contribution in [0, 0.1) is 0 Å². The highest BCUT2D eigenvalue weighted by Crippen LogP contribution is 2.16. The lowest BCUT2D eigenvalue weighted by Crippen LogP contribution is -2.37. The van der Waals surface area contributed by atoms with Crippen LogP contribution >= 0.6 is 0 Å². The van der Waals surface area contributed by atoms with E-state index in [1.54, 1.807) is 0 Å². The second-order valence-electron chi connectivity index (χ2n) is 4.40. The molecule has 1 heterocycles. The SMILES string of the molecule is CCNC(=NCc1c(CC)noc1CC)NCCCF. The van der Waals surface area contributed by atoms with Crippen LogP contribution in [0.2, 0.25) is 0 Å². The summed E-state index contributed by atoms with van der Waals surface area (Å²) in [5.74, 6) is 1.59. The third kappa shape index (κ3) is 4.83. The van der Waals surface area contributed by atoms with Crippen molar-refractivity contribution in [2.24, 2.45) is 4.99 Å². The van der Waals surface area contributed by atoms with E-state index in [-0.39, 0.29) is 6.67 Å². The molecule has 0 atom stereocenters. The van der Waals surface area contributed by atoms with E-state index in [4.69, 9.17) is 4.52 Å². The molecule has 1 aromatic heterocycles. The van der Waals surface area contributed by atoms with E-state index < -0.39 is 0 Å². The Bertz CT molecular complexity index is 396.